The van der Waals surface area contributed by atoms with Gasteiger partial charge in [-0.1, -0.05) is 35.9 Å². The van der Waals surface area contributed by atoms with Gasteiger partial charge in [0.1, 0.15) is 0 Å². The van der Waals surface area contributed by atoms with Crippen LogP contribution in [0.2, 0.25) is 0 Å². The molecule has 158 valence electrons. The Labute approximate surface area is 177 Å². The highest BCUT2D eigenvalue weighted by atomic mass is 32.1. The average Bonchev–Trinajstić information content (AvgIpc) is 3.27. The summed E-state index contributed by atoms with van der Waals surface area (Å²) in [6.07, 6.45) is -0.577. The Morgan fingerprint density at radius 3 is 2.62 bits per heavy atom. The Bertz CT molecular complexity index is 743. The number of benzene rings is 1. The molecular weight excluding hydrogens is 384 g/mol. The van der Waals surface area contributed by atoms with Gasteiger partial charge < -0.3 is 20.5 Å². The number of morpholine rings is 1. The van der Waals surface area contributed by atoms with E-state index in [-0.39, 0.29) is 6.04 Å². The van der Waals surface area contributed by atoms with Crippen LogP contribution in [0, 0.1) is 6.92 Å². The van der Waals surface area contributed by atoms with E-state index in [0.29, 0.717) is 13.1 Å². The molecule has 0 radical (unpaired) electrons. The molecule has 1 aliphatic heterocycles. The summed E-state index contributed by atoms with van der Waals surface area (Å²) in [4.78, 5) is 8.61. The number of aliphatic imine (C=N–C) groups is 1. The maximum absolute atomic E-state index is 10.5. The van der Waals surface area contributed by atoms with Gasteiger partial charge in [0.05, 0.1) is 31.9 Å². The summed E-state index contributed by atoms with van der Waals surface area (Å²) in [6, 6.07) is 12.5. The monoisotopic (exact) mass is 416 g/mol. The van der Waals surface area contributed by atoms with Gasteiger partial charge in [-0.2, -0.15) is 0 Å². The van der Waals surface area contributed by atoms with Crippen LogP contribution in [0.1, 0.15) is 35.1 Å². The third-order valence-electron chi connectivity index (χ3n) is 5.05. The molecule has 1 aliphatic rings. The molecule has 1 aromatic carbocycles. The van der Waals surface area contributed by atoms with Crippen LogP contribution < -0.4 is 10.6 Å². The Kier molecular flexibility index (Phi) is 8.49. The summed E-state index contributed by atoms with van der Waals surface area (Å²) in [5.74, 6) is 0.730. The third-order valence-corrected chi connectivity index (χ3v) is 6.02. The molecule has 6 nitrogen and oxygen atoms in total. The van der Waals surface area contributed by atoms with E-state index in [1.165, 1.54) is 10.4 Å². The van der Waals surface area contributed by atoms with Crippen LogP contribution in [0.5, 0.6) is 0 Å². The molecule has 0 amide bonds. The second-order valence-corrected chi connectivity index (χ2v) is 8.19. The van der Waals surface area contributed by atoms with E-state index in [1.54, 1.807) is 11.3 Å². The molecule has 1 fully saturated rings. The quantitative estimate of drug-likeness (QED) is 0.456. The Hall–Kier alpha value is -1.93. The normalized spacial score (nSPS) is 17.7. The number of aliphatic hydroxyl groups excluding tert-OH is 1. The molecule has 3 N–H and O–H groups in total. The van der Waals surface area contributed by atoms with Crippen molar-refractivity contribution in [3.05, 3.63) is 57.8 Å². The summed E-state index contributed by atoms with van der Waals surface area (Å²) < 4.78 is 5.52. The standard InChI is InChI=1S/C22H32N4O2S/c1-3-23-22(25-16-20(27)18-8-6-17(2)7-9-18)24-15-19(21-5-4-14-29-21)26-10-12-28-13-11-26/h4-9,14,19-20,27H,3,10-13,15-16H2,1-2H3,(H2,23,24,25). The summed E-state index contributed by atoms with van der Waals surface area (Å²) in [6.45, 7) is 9.33. The van der Waals surface area contributed by atoms with E-state index in [0.717, 1.165) is 44.4 Å². The van der Waals surface area contributed by atoms with E-state index >= 15 is 0 Å². The van der Waals surface area contributed by atoms with Crippen molar-refractivity contribution in [3.8, 4) is 0 Å². The van der Waals surface area contributed by atoms with Gasteiger partial charge in [0.15, 0.2) is 5.96 Å². The lowest BCUT2D eigenvalue weighted by Gasteiger charge is -2.33. The molecule has 0 spiro atoms. The smallest absolute Gasteiger partial charge is 0.191 e. The Morgan fingerprint density at radius 2 is 1.97 bits per heavy atom. The highest BCUT2D eigenvalue weighted by Gasteiger charge is 2.23. The van der Waals surface area contributed by atoms with Gasteiger partial charge in [-0.15, -0.1) is 11.3 Å². The lowest BCUT2D eigenvalue weighted by atomic mass is 10.1. The maximum Gasteiger partial charge on any atom is 0.191 e. The first kappa shape index (κ1) is 21.8. The molecule has 1 aromatic heterocycles. The van der Waals surface area contributed by atoms with E-state index in [4.69, 9.17) is 9.73 Å². The van der Waals surface area contributed by atoms with Crippen LogP contribution in [-0.2, 0) is 4.74 Å². The van der Waals surface area contributed by atoms with Crippen LogP contribution >= 0.6 is 11.3 Å². The zero-order valence-corrected chi connectivity index (χ0v) is 18.1. The molecule has 3 rings (SSSR count). The zero-order valence-electron chi connectivity index (χ0n) is 17.3. The fourth-order valence-electron chi connectivity index (χ4n) is 3.37. The predicted molar refractivity (Wildman–Crippen MR) is 120 cm³/mol. The van der Waals surface area contributed by atoms with Crippen molar-refractivity contribution < 1.29 is 9.84 Å². The van der Waals surface area contributed by atoms with Crippen molar-refractivity contribution in [2.24, 2.45) is 4.99 Å². The molecule has 1 saturated heterocycles. The fraction of sp³-hybridized carbons (Fsp3) is 0.500. The van der Waals surface area contributed by atoms with Crippen molar-refractivity contribution in [1.29, 1.82) is 0 Å². The van der Waals surface area contributed by atoms with Crippen molar-refractivity contribution in [3.63, 3.8) is 0 Å². The number of guanidine groups is 1. The van der Waals surface area contributed by atoms with Gasteiger partial charge in [-0.3, -0.25) is 9.89 Å². The highest BCUT2D eigenvalue weighted by molar-refractivity contribution is 7.10. The first-order valence-electron chi connectivity index (χ1n) is 10.3. The minimum Gasteiger partial charge on any atom is -0.387 e. The molecule has 2 unspecified atom stereocenters. The number of thiophene rings is 1. The minimum atomic E-state index is -0.577. The second kappa shape index (κ2) is 11.3. The number of aryl methyl sites for hydroxylation is 1. The molecule has 0 aliphatic carbocycles. The van der Waals surface area contributed by atoms with Gasteiger partial charge >= 0.3 is 0 Å². The lowest BCUT2D eigenvalue weighted by Crippen LogP contribution is -2.42. The molecule has 2 atom stereocenters. The summed E-state index contributed by atoms with van der Waals surface area (Å²) in [5, 5.41) is 19.2. The number of nitrogens with one attached hydrogen (secondary N) is 2. The minimum absolute atomic E-state index is 0.247. The first-order chi connectivity index (χ1) is 14.2. The first-order valence-corrected chi connectivity index (χ1v) is 11.2. The largest absolute Gasteiger partial charge is 0.387 e. The van der Waals surface area contributed by atoms with Crippen molar-refractivity contribution in [2.45, 2.75) is 26.0 Å². The van der Waals surface area contributed by atoms with Crippen molar-refractivity contribution in [2.75, 3.05) is 45.9 Å². The van der Waals surface area contributed by atoms with Crippen LogP contribution in [0.3, 0.4) is 0 Å². The Balaban J connectivity index is 1.63. The van der Waals surface area contributed by atoms with E-state index in [2.05, 4.69) is 33.0 Å². The zero-order chi connectivity index (χ0) is 20.5. The predicted octanol–water partition coefficient (Wildman–Crippen LogP) is 2.72. The fourth-order valence-corrected chi connectivity index (χ4v) is 4.23. The Morgan fingerprint density at radius 1 is 1.21 bits per heavy atom. The van der Waals surface area contributed by atoms with Crippen molar-refractivity contribution >= 4 is 17.3 Å². The molecule has 0 bridgehead atoms. The number of rotatable bonds is 8. The van der Waals surface area contributed by atoms with Crippen LogP contribution in [-0.4, -0.2) is 61.9 Å². The van der Waals surface area contributed by atoms with Gasteiger partial charge in [0.25, 0.3) is 0 Å². The van der Waals surface area contributed by atoms with Crippen molar-refractivity contribution in [1.82, 2.24) is 15.5 Å². The molecule has 2 heterocycles. The number of hydrogen-bond donors (Lipinski definition) is 3. The summed E-state index contributed by atoms with van der Waals surface area (Å²) in [5.41, 5.74) is 2.09. The van der Waals surface area contributed by atoms with Gasteiger partial charge in [-0.25, -0.2) is 0 Å². The molecule has 29 heavy (non-hydrogen) atoms. The van der Waals surface area contributed by atoms with Crippen LogP contribution in [0.4, 0.5) is 0 Å². The maximum atomic E-state index is 10.5. The average molecular weight is 417 g/mol. The van der Waals surface area contributed by atoms with E-state index < -0.39 is 6.10 Å². The number of nitrogens with zero attached hydrogens (tertiary/aromatic N) is 2. The SMILES string of the molecule is CCNC(=NCC(c1cccs1)N1CCOCC1)NCC(O)c1ccc(C)cc1. The highest BCUT2D eigenvalue weighted by Crippen LogP contribution is 2.26. The van der Waals surface area contributed by atoms with Crippen LogP contribution in [0.25, 0.3) is 0 Å². The number of hydrogen-bond acceptors (Lipinski definition) is 5. The van der Waals surface area contributed by atoms with Gasteiger partial charge in [-0.05, 0) is 30.9 Å². The van der Waals surface area contributed by atoms with Crippen LogP contribution in [0.15, 0.2) is 46.8 Å². The molecule has 2 aromatic rings. The van der Waals surface area contributed by atoms with Gasteiger partial charge in [0, 0.05) is 31.1 Å². The second-order valence-electron chi connectivity index (χ2n) is 7.21. The molecule has 7 heteroatoms. The summed E-state index contributed by atoms with van der Waals surface area (Å²) >= 11 is 1.77. The molecule has 0 saturated carbocycles. The summed E-state index contributed by atoms with van der Waals surface area (Å²) in [7, 11) is 0. The number of ether oxygens (including phenoxy) is 1. The topological polar surface area (TPSA) is 69.1 Å². The van der Waals surface area contributed by atoms with Gasteiger partial charge in [0.2, 0.25) is 0 Å². The number of aliphatic hydroxyl groups is 1. The molecular formula is C22H32N4O2S. The van der Waals surface area contributed by atoms with E-state index in [9.17, 15) is 5.11 Å². The third kappa shape index (κ3) is 6.54. The van der Waals surface area contributed by atoms with E-state index in [1.807, 2.05) is 38.1 Å². The lowest BCUT2D eigenvalue weighted by molar-refractivity contribution is 0.0186.